The van der Waals surface area contributed by atoms with Crippen LogP contribution in [-0.4, -0.2) is 15.9 Å². The summed E-state index contributed by atoms with van der Waals surface area (Å²) in [5.74, 6) is 0.360. The molecule has 0 radical (unpaired) electrons. The number of carbonyl (C=O) groups is 1. The summed E-state index contributed by atoms with van der Waals surface area (Å²) >= 11 is 0. The zero-order valence-corrected chi connectivity index (χ0v) is 20.4. The molecule has 2 aliphatic rings. The van der Waals surface area contributed by atoms with Crippen LogP contribution in [0.15, 0.2) is 71.5 Å². The highest BCUT2D eigenvalue weighted by atomic mass is 16.5. The molecule has 2 aromatic heterocycles. The molecule has 37 heavy (non-hydrogen) atoms. The van der Waals surface area contributed by atoms with Crippen molar-refractivity contribution in [2.24, 2.45) is 0 Å². The largest absolute Gasteiger partial charge is 0.443 e. The molecule has 0 saturated heterocycles. The Labute approximate surface area is 213 Å². The maximum atomic E-state index is 13.0. The molecular weight excluding hydrogens is 464 g/mol. The number of nitrogens with one attached hydrogen (secondary N) is 1. The summed E-state index contributed by atoms with van der Waals surface area (Å²) in [6.07, 6.45) is 1.16. The maximum absolute atomic E-state index is 13.0. The highest BCUT2D eigenvalue weighted by Crippen LogP contribution is 2.55. The highest BCUT2D eigenvalue weighted by molar-refractivity contribution is 5.95. The van der Waals surface area contributed by atoms with Crippen LogP contribution >= 0.6 is 0 Å². The minimum atomic E-state index is -0.176. The van der Waals surface area contributed by atoms with Gasteiger partial charge in [-0.05, 0) is 83.1 Å². The first-order valence-corrected chi connectivity index (χ1v) is 12.2. The molecule has 2 atom stereocenters. The number of nitrogens with zero attached hydrogens (tertiary/aromatic N) is 2. The van der Waals surface area contributed by atoms with Gasteiger partial charge in [-0.1, -0.05) is 30.3 Å². The third-order valence-electron chi connectivity index (χ3n) is 7.51. The van der Waals surface area contributed by atoms with Gasteiger partial charge in [0.15, 0.2) is 12.0 Å². The van der Waals surface area contributed by atoms with Gasteiger partial charge in [0.25, 0.3) is 5.91 Å². The van der Waals surface area contributed by atoms with Gasteiger partial charge in [-0.25, -0.2) is 9.97 Å². The Balaban J connectivity index is 1.16. The van der Waals surface area contributed by atoms with Crippen molar-refractivity contribution >= 4 is 22.8 Å². The van der Waals surface area contributed by atoms with Crippen molar-refractivity contribution in [1.82, 2.24) is 15.3 Å². The number of fused-ring (bicyclic) bond motifs is 9. The third kappa shape index (κ3) is 3.35. The fourth-order valence-corrected chi connectivity index (χ4v) is 5.70. The van der Waals surface area contributed by atoms with Gasteiger partial charge >= 0.3 is 0 Å². The van der Waals surface area contributed by atoms with E-state index in [2.05, 4.69) is 39.6 Å². The molecule has 7 heteroatoms. The molecule has 0 fully saturated rings. The van der Waals surface area contributed by atoms with E-state index in [4.69, 9.17) is 14.9 Å². The topological polar surface area (TPSA) is 103 Å². The van der Waals surface area contributed by atoms with E-state index in [1.54, 1.807) is 0 Å². The number of para-hydroxylation sites is 1. The van der Waals surface area contributed by atoms with E-state index in [-0.39, 0.29) is 18.1 Å². The van der Waals surface area contributed by atoms with Crippen molar-refractivity contribution in [3.8, 4) is 11.1 Å². The molecule has 2 aliphatic heterocycles. The predicted octanol–water partition coefficient (Wildman–Crippen LogP) is 5.54. The predicted molar refractivity (Wildman–Crippen MR) is 140 cm³/mol. The van der Waals surface area contributed by atoms with Gasteiger partial charge < -0.3 is 20.2 Å². The smallest absolute Gasteiger partial charge is 0.251 e. The van der Waals surface area contributed by atoms with E-state index in [0.717, 1.165) is 61.3 Å². The summed E-state index contributed by atoms with van der Waals surface area (Å²) < 4.78 is 11.9. The summed E-state index contributed by atoms with van der Waals surface area (Å²) in [4.78, 5) is 21.8. The van der Waals surface area contributed by atoms with Gasteiger partial charge in [0.1, 0.15) is 23.5 Å². The number of anilines is 1. The van der Waals surface area contributed by atoms with Gasteiger partial charge in [-0.15, -0.1) is 0 Å². The normalized spacial score (nSPS) is 17.1. The van der Waals surface area contributed by atoms with Crippen LogP contribution in [0, 0.1) is 13.8 Å². The molecule has 0 saturated carbocycles. The molecule has 7 nitrogen and oxygen atoms in total. The Morgan fingerprint density at radius 3 is 2.57 bits per heavy atom. The van der Waals surface area contributed by atoms with E-state index >= 15 is 0 Å². The number of amides is 1. The molecule has 2 bridgehead atoms. The summed E-state index contributed by atoms with van der Waals surface area (Å²) in [5.41, 5.74) is 17.5. The number of oxazole rings is 1. The van der Waals surface area contributed by atoms with Crippen LogP contribution in [0.1, 0.15) is 61.6 Å². The fraction of sp³-hybridized carbons (Fsp3) is 0.167. The summed E-state index contributed by atoms with van der Waals surface area (Å²) in [7, 11) is 0. The molecular formula is C30H24N4O3. The minimum absolute atomic E-state index is 0.127. The highest BCUT2D eigenvalue weighted by Gasteiger charge is 2.43. The Bertz CT molecular complexity index is 1720. The number of carbonyl (C=O) groups excluding carboxylic acids is 1. The number of aromatic nitrogens is 2. The lowest BCUT2D eigenvalue weighted by Crippen LogP contribution is -2.24. The second kappa shape index (κ2) is 8.01. The molecule has 3 aromatic carbocycles. The zero-order valence-electron chi connectivity index (χ0n) is 20.4. The van der Waals surface area contributed by atoms with Crippen molar-refractivity contribution in [3.63, 3.8) is 0 Å². The number of hydrogen-bond acceptors (Lipinski definition) is 6. The number of ether oxygens (including phenoxy) is 1. The first kappa shape index (κ1) is 21.8. The molecule has 5 aromatic rings. The van der Waals surface area contributed by atoms with Crippen LogP contribution in [0.25, 0.3) is 22.2 Å². The molecule has 7 rings (SSSR count). The zero-order chi connectivity index (χ0) is 25.3. The van der Waals surface area contributed by atoms with Crippen LogP contribution in [-0.2, 0) is 11.3 Å². The summed E-state index contributed by atoms with van der Waals surface area (Å²) in [6, 6.07) is 20.1. The number of pyridine rings is 1. The first-order valence-electron chi connectivity index (χ1n) is 12.2. The SMILES string of the molecule is Cc1cc(N)nc(C)c1CNC(=O)c1ccc2c(c1)C1OC2c2cc(-c3cccc4ocnc34)ccc21. The van der Waals surface area contributed by atoms with Crippen molar-refractivity contribution < 1.29 is 13.9 Å². The van der Waals surface area contributed by atoms with Crippen LogP contribution in [0.3, 0.4) is 0 Å². The molecule has 0 spiro atoms. The number of benzene rings is 3. The first-order chi connectivity index (χ1) is 18.0. The average Bonchev–Trinajstić information content (AvgIpc) is 3.61. The number of nitrogen functional groups attached to an aromatic ring is 1. The van der Waals surface area contributed by atoms with E-state index in [1.807, 2.05) is 50.2 Å². The molecule has 0 aliphatic carbocycles. The number of hydrogen-bond donors (Lipinski definition) is 2. The average molecular weight is 489 g/mol. The van der Waals surface area contributed by atoms with Crippen LogP contribution < -0.4 is 11.1 Å². The van der Waals surface area contributed by atoms with E-state index in [1.165, 1.54) is 6.39 Å². The van der Waals surface area contributed by atoms with E-state index < -0.39 is 0 Å². The molecule has 3 N–H and O–H groups in total. The number of nitrogens with two attached hydrogens (primary N) is 1. The second-order valence-corrected chi connectivity index (χ2v) is 9.70. The van der Waals surface area contributed by atoms with Gasteiger partial charge in [-0.2, -0.15) is 0 Å². The lowest BCUT2D eigenvalue weighted by atomic mass is 9.83. The van der Waals surface area contributed by atoms with Crippen molar-refractivity contribution in [3.05, 3.63) is 112 Å². The maximum Gasteiger partial charge on any atom is 0.251 e. The summed E-state index contributed by atoms with van der Waals surface area (Å²) in [5, 5.41) is 3.03. The Kier molecular flexibility index (Phi) is 4.71. The standard InChI is InChI=1S/C30H24N4O3/c1-15-10-26(31)34-16(2)24(15)13-32-30(35)18-7-9-21-23(12-18)29-20-8-6-17(11-22(20)28(21)37-29)19-4-3-5-25-27(19)33-14-36-25/h3-12,14,28-29H,13H2,1-2H3,(H2,31,34)(H,32,35). The molecule has 2 unspecified atom stereocenters. The minimum Gasteiger partial charge on any atom is -0.443 e. The quantitative estimate of drug-likeness (QED) is 0.344. The van der Waals surface area contributed by atoms with E-state index in [0.29, 0.717) is 17.9 Å². The van der Waals surface area contributed by atoms with Gasteiger partial charge in [0, 0.05) is 23.4 Å². The van der Waals surface area contributed by atoms with Crippen LogP contribution in [0.4, 0.5) is 5.82 Å². The molecule has 4 heterocycles. The van der Waals surface area contributed by atoms with Crippen molar-refractivity contribution in [1.29, 1.82) is 0 Å². The van der Waals surface area contributed by atoms with Gasteiger partial charge in [-0.3, -0.25) is 4.79 Å². The Morgan fingerprint density at radius 1 is 0.973 bits per heavy atom. The molecule has 182 valence electrons. The Morgan fingerprint density at radius 2 is 1.76 bits per heavy atom. The monoisotopic (exact) mass is 488 g/mol. The number of aryl methyl sites for hydroxylation is 2. The van der Waals surface area contributed by atoms with Gasteiger partial charge in [0.05, 0.1) is 0 Å². The van der Waals surface area contributed by atoms with Crippen LogP contribution in [0.2, 0.25) is 0 Å². The lowest BCUT2D eigenvalue weighted by molar-refractivity contribution is 0.0857. The van der Waals surface area contributed by atoms with Crippen molar-refractivity contribution in [2.75, 3.05) is 5.73 Å². The second-order valence-electron chi connectivity index (χ2n) is 9.70. The molecule has 1 amide bonds. The van der Waals surface area contributed by atoms with Gasteiger partial charge in [0.2, 0.25) is 0 Å². The van der Waals surface area contributed by atoms with Crippen molar-refractivity contribution in [2.45, 2.75) is 32.6 Å². The summed E-state index contributed by atoms with van der Waals surface area (Å²) in [6.45, 7) is 4.28. The Hall–Kier alpha value is -4.49. The fourth-order valence-electron chi connectivity index (χ4n) is 5.70. The lowest BCUT2D eigenvalue weighted by Gasteiger charge is -2.18. The third-order valence-corrected chi connectivity index (χ3v) is 7.51. The van der Waals surface area contributed by atoms with Crippen LogP contribution in [0.5, 0.6) is 0 Å². The van der Waals surface area contributed by atoms with E-state index in [9.17, 15) is 4.79 Å². The number of rotatable bonds is 4.